The zero-order chi connectivity index (χ0) is 26.3. The first-order valence-corrected chi connectivity index (χ1v) is 14.7. The van der Waals surface area contributed by atoms with E-state index < -0.39 is 0 Å². The number of anilines is 1. The number of carbonyl (C=O) groups excluding carboxylic acids is 1. The fraction of sp³-hybridized carbons (Fsp3) is 0.345. The van der Waals surface area contributed by atoms with Crippen LogP contribution in [0.2, 0.25) is 5.02 Å². The van der Waals surface area contributed by atoms with Gasteiger partial charge in [0.25, 0.3) is 5.56 Å². The van der Waals surface area contributed by atoms with Crippen molar-refractivity contribution in [3.05, 3.63) is 79.4 Å². The Labute approximate surface area is 230 Å². The van der Waals surface area contributed by atoms with Gasteiger partial charge in [0, 0.05) is 15.6 Å². The Morgan fingerprint density at radius 3 is 2.68 bits per heavy atom. The molecule has 0 saturated carbocycles. The second kappa shape index (κ2) is 10.3. The van der Waals surface area contributed by atoms with Gasteiger partial charge in [-0.3, -0.25) is 14.2 Å². The molecule has 0 spiro atoms. The van der Waals surface area contributed by atoms with Crippen LogP contribution >= 0.6 is 34.7 Å². The molecule has 0 saturated heterocycles. The highest BCUT2D eigenvalue weighted by Gasteiger charge is 2.24. The van der Waals surface area contributed by atoms with E-state index in [0.717, 1.165) is 52.9 Å². The molecule has 1 amide bonds. The average molecular weight is 552 g/mol. The van der Waals surface area contributed by atoms with E-state index in [4.69, 9.17) is 16.6 Å². The Morgan fingerprint density at radius 1 is 1.14 bits per heavy atom. The van der Waals surface area contributed by atoms with Gasteiger partial charge in [0.2, 0.25) is 5.91 Å². The minimum atomic E-state index is -0.143. The molecule has 0 radical (unpaired) electrons. The van der Waals surface area contributed by atoms with Crippen molar-refractivity contribution in [2.75, 3.05) is 11.1 Å². The van der Waals surface area contributed by atoms with Gasteiger partial charge in [-0.25, -0.2) is 4.98 Å². The van der Waals surface area contributed by atoms with Gasteiger partial charge < -0.3 is 5.32 Å². The van der Waals surface area contributed by atoms with E-state index in [1.165, 1.54) is 16.6 Å². The maximum atomic E-state index is 14.0. The van der Waals surface area contributed by atoms with Crippen LogP contribution in [0.5, 0.6) is 0 Å². The van der Waals surface area contributed by atoms with Gasteiger partial charge in [-0.2, -0.15) is 0 Å². The molecule has 0 aliphatic heterocycles. The van der Waals surface area contributed by atoms with Crippen molar-refractivity contribution in [2.24, 2.45) is 0 Å². The van der Waals surface area contributed by atoms with E-state index in [0.29, 0.717) is 21.3 Å². The third kappa shape index (κ3) is 5.09. The number of para-hydroxylation sites is 1. The van der Waals surface area contributed by atoms with Crippen LogP contribution in [-0.2, 0) is 23.1 Å². The van der Waals surface area contributed by atoms with Crippen molar-refractivity contribution >= 4 is 56.5 Å². The number of rotatable bonds is 5. The second-order valence-corrected chi connectivity index (χ2v) is 12.9. The molecule has 37 heavy (non-hydrogen) atoms. The molecule has 0 atom stereocenters. The standard InChI is InChI=1S/C29H30ClN3O2S2/c1-17-20(30)12-9-14-22(17)33-27(35)25-18-10-5-8-15-23(18)37-26(25)32-28(33)36-16-24(34)31-21-13-7-6-11-19(21)29(2,3)4/h6-7,9,11-14H,5,8,10,15-16H2,1-4H3,(H,31,34). The molecule has 5 rings (SSSR count). The van der Waals surface area contributed by atoms with Crippen LogP contribution in [0.4, 0.5) is 5.69 Å². The van der Waals surface area contributed by atoms with E-state index in [1.807, 2.05) is 49.4 Å². The number of fused-ring (bicyclic) bond motifs is 3. The predicted molar refractivity (Wildman–Crippen MR) is 156 cm³/mol. The summed E-state index contributed by atoms with van der Waals surface area (Å²) in [5.41, 5.74) is 4.33. The largest absolute Gasteiger partial charge is 0.325 e. The molecule has 0 unspecified atom stereocenters. The molecule has 1 aliphatic carbocycles. The smallest absolute Gasteiger partial charge is 0.267 e. The van der Waals surface area contributed by atoms with Gasteiger partial charge in [-0.05, 0) is 72.9 Å². The summed E-state index contributed by atoms with van der Waals surface area (Å²) in [5.74, 6) is -0.0166. The lowest BCUT2D eigenvalue weighted by molar-refractivity contribution is -0.113. The Bertz CT molecular complexity index is 1570. The minimum Gasteiger partial charge on any atom is -0.325 e. The number of nitrogens with zero attached hydrogens (tertiary/aromatic N) is 2. The normalized spacial score (nSPS) is 13.5. The molecule has 5 nitrogen and oxygen atoms in total. The highest BCUT2D eigenvalue weighted by atomic mass is 35.5. The molecule has 1 aliphatic rings. The summed E-state index contributed by atoms with van der Waals surface area (Å²) in [4.78, 5) is 34.1. The van der Waals surface area contributed by atoms with E-state index in [1.54, 1.807) is 15.9 Å². The van der Waals surface area contributed by atoms with Crippen LogP contribution in [-0.4, -0.2) is 21.2 Å². The summed E-state index contributed by atoms with van der Waals surface area (Å²) in [6, 6.07) is 13.4. The number of halogens is 1. The Morgan fingerprint density at radius 2 is 1.89 bits per heavy atom. The monoisotopic (exact) mass is 551 g/mol. The number of thiophene rings is 1. The quantitative estimate of drug-likeness (QED) is 0.208. The molecule has 2 aromatic heterocycles. The molecular weight excluding hydrogens is 522 g/mol. The van der Waals surface area contributed by atoms with Crippen LogP contribution < -0.4 is 10.9 Å². The van der Waals surface area contributed by atoms with E-state index >= 15 is 0 Å². The summed E-state index contributed by atoms with van der Waals surface area (Å²) >= 11 is 9.34. The van der Waals surface area contributed by atoms with Crippen LogP contribution in [0.3, 0.4) is 0 Å². The lowest BCUT2D eigenvalue weighted by Gasteiger charge is -2.23. The van der Waals surface area contributed by atoms with Crippen molar-refractivity contribution in [2.45, 2.75) is 63.9 Å². The average Bonchev–Trinajstić information content (AvgIpc) is 3.23. The summed E-state index contributed by atoms with van der Waals surface area (Å²) in [5, 5.41) is 4.87. The molecule has 2 aromatic carbocycles. The summed E-state index contributed by atoms with van der Waals surface area (Å²) in [6.07, 6.45) is 4.12. The lowest BCUT2D eigenvalue weighted by Crippen LogP contribution is -2.24. The zero-order valence-electron chi connectivity index (χ0n) is 21.5. The maximum Gasteiger partial charge on any atom is 0.267 e. The Hall–Kier alpha value is -2.61. The number of hydrogen-bond donors (Lipinski definition) is 1. The maximum absolute atomic E-state index is 14.0. The van der Waals surface area contributed by atoms with Crippen molar-refractivity contribution in [3.63, 3.8) is 0 Å². The van der Waals surface area contributed by atoms with Crippen molar-refractivity contribution in [1.82, 2.24) is 9.55 Å². The molecular formula is C29H30ClN3O2S2. The first kappa shape index (κ1) is 26.0. The number of thioether (sulfide) groups is 1. The van der Waals surface area contributed by atoms with Gasteiger partial charge >= 0.3 is 0 Å². The number of aryl methyl sites for hydroxylation is 2. The van der Waals surface area contributed by atoms with Crippen molar-refractivity contribution < 1.29 is 4.79 Å². The summed E-state index contributed by atoms with van der Waals surface area (Å²) < 4.78 is 1.65. The number of carbonyl (C=O) groups is 1. The fourth-order valence-electron chi connectivity index (χ4n) is 4.90. The van der Waals surface area contributed by atoms with Gasteiger partial charge in [-0.1, -0.05) is 68.4 Å². The highest BCUT2D eigenvalue weighted by Crippen LogP contribution is 2.36. The van der Waals surface area contributed by atoms with Gasteiger partial charge in [0.1, 0.15) is 4.83 Å². The minimum absolute atomic E-state index is 0.0873. The molecule has 2 heterocycles. The molecule has 8 heteroatoms. The van der Waals surface area contributed by atoms with Gasteiger partial charge in [0.15, 0.2) is 5.16 Å². The second-order valence-electron chi connectivity index (χ2n) is 10.4. The van der Waals surface area contributed by atoms with E-state index in [-0.39, 0.29) is 22.6 Å². The van der Waals surface area contributed by atoms with Crippen LogP contribution in [0, 0.1) is 6.92 Å². The van der Waals surface area contributed by atoms with Gasteiger partial charge in [0.05, 0.1) is 16.8 Å². The van der Waals surface area contributed by atoms with Crippen molar-refractivity contribution in [3.8, 4) is 5.69 Å². The Kier molecular flexibility index (Phi) is 7.22. The summed E-state index contributed by atoms with van der Waals surface area (Å²) in [7, 11) is 0. The molecule has 0 bridgehead atoms. The lowest BCUT2D eigenvalue weighted by atomic mass is 9.86. The highest BCUT2D eigenvalue weighted by molar-refractivity contribution is 7.99. The number of benzene rings is 2. The predicted octanol–water partition coefficient (Wildman–Crippen LogP) is 7.32. The van der Waals surface area contributed by atoms with E-state index in [2.05, 4.69) is 26.1 Å². The fourth-order valence-corrected chi connectivity index (χ4v) is 7.17. The van der Waals surface area contributed by atoms with Crippen LogP contribution in [0.15, 0.2) is 52.4 Å². The molecule has 0 fully saturated rings. The third-order valence-corrected chi connectivity index (χ3v) is 9.31. The molecule has 192 valence electrons. The first-order valence-electron chi connectivity index (χ1n) is 12.5. The number of nitrogens with one attached hydrogen (secondary N) is 1. The SMILES string of the molecule is Cc1c(Cl)cccc1-n1c(SCC(=O)Nc2ccccc2C(C)(C)C)nc2sc3c(c2c1=O)CCCC3. The topological polar surface area (TPSA) is 64.0 Å². The molecule has 4 aromatic rings. The summed E-state index contributed by atoms with van der Waals surface area (Å²) in [6.45, 7) is 8.28. The Balaban J connectivity index is 1.54. The number of aromatic nitrogens is 2. The van der Waals surface area contributed by atoms with Crippen LogP contribution in [0.25, 0.3) is 15.9 Å². The van der Waals surface area contributed by atoms with E-state index in [9.17, 15) is 9.59 Å². The third-order valence-electron chi connectivity index (χ3n) is 6.78. The number of hydrogen-bond acceptors (Lipinski definition) is 5. The number of amides is 1. The van der Waals surface area contributed by atoms with Crippen molar-refractivity contribution in [1.29, 1.82) is 0 Å². The molecule has 1 N–H and O–H groups in total. The van der Waals surface area contributed by atoms with Gasteiger partial charge in [-0.15, -0.1) is 11.3 Å². The van der Waals surface area contributed by atoms with Crippen LogP contribution in [0.1, 0.15) is 55.2 Å². The zero-order valence-corrected chi connectivity index (χ0v) is 23.9. The first-order chi connectivity index (χ1) is 17.6.